The van der Waals surface area contributed by atoms with Gasteiger partial charge in [0, 0.05) is 24.6 Å². The molecule has 0 spiro atoms. The van der Waals surface area contributed by atoms with Crippen molar-refractivity contribution < 1.29 is 13.2 Å². The highest BCUT2D eigenvalue weighted by molar-refractivity contribution is 7.89. The van der Waals surface area contributed by atoms with E-state index in [9.17, 15) is 13.2 Å². The van der Waals surface area contributed by atoms with E-state index >= 15 is 0 Å². The highest BCUT2D eigenvalue weighted by atomic mass is 32.2. The van der Waals surface area contributed by atoms with Crippen LogP contribution in [-0.2, 0) is 10.0 Å². The number of hydrogen-bond donors (Lipinski definition) is 1. The van der Waals surface area contributed by atoms with Crippen molar-refractivity contribution >= 4 is 32.4 Å². The van der Waals surface area contributed by atoms with Crippen LogP contribution in [0.25, 0.3) is 0 Å². The number of benzene rings is 1. The third kappa shape index (κ3) is 5.07. The molecular formula is C21H30N4O3S2. The molecule has 0 radical (unpaired) electrons. The van der Waals surface area contributed by atoms with Crippen LogP contribution in [0, 0.1) is 11.8 Å². The Morgan fingerprint density at radius 2 is 1.87 bits per heavy atom. The monoisotopic (exact) mass is 450 g/mol. The SMILES string of the molecule is CCC(CC)c1nnc(NC(=O)c2cccc(S(=O)(=O)N3CC(C)CC(C)C3)c2)s1. The minimum Gasteiger partial charge on any atom is -0.296 e. The molecule has 2 aromatic rings. The van der Waals surface area contributed by atoms with E-state index in [0.717, 1.165) is 24.3 Å². The molecule has 1 fully saturated rings. The Labute approximate surface area is 183 Å². The molecule has 1 aromatic carbocycles. The van der Waals surface area contributed by atoms with Crippen molar-refractivity contribution in [3.05, 3.63) is 34.8 Å². The van der Waals surface area contributed by atoms with E-state index in [1.165, 1.54) is 21.7 Å². The molecule has 2 atom stereocenters. The van der Waals surface area contributed by atoms with Crippen LogP contribution in [0.3, 0.4) is 0 Å². The standard InChI is InChI=1S/C21H30N4O3S2/c1-5-16(6-2)20-23-24-21(29-20)22-19(26)17-8-7-9-18(11-17)30(27,28)25-12-14(3)10-15(4)13-25/h7-9,11,14-16H,5-6,10,12-13H2,1-4H3,(H,22,24,26). The minimum absolute atomic E-state index is 0.145. The summed E-state index contributed by atoms with van der Waals surface area (Å²) in [6, 6.07) is 6.20. The molecule has 2 unspecified atom stereocenters. The van der Waals surface area contributed by atoms with Crippen LogP contribution in [0.15, 0.2) is 29.2 Å². The van der Waals surface area contributed by atoms with Crippen molar-refractivity contribution in [3.63, 3.8) is 0 Å². The third-order valence-electron chi connectivity index (χ3n) is 5.57. The van der Waals surface area contributed by atoms with Crippen LogP contribution in [0.2, 0.25) is 0 Å². The zero-order valence-electron chi connectivity index (χ0n) is 18.0. The van der Waals surface area contributed by atoms with Crippen molar-refractivity contribution in [2.45, 2.75) is 57.8 Å². The van der Waals surface area contributed by atoms with Crippen LogP contribution >= 0.6 is 11.3 Å². The maximum absolute atomic E-state index is 13.1. The van der Waals surface area contributed by atoms with Gasteiger partial charge in [0.15, 0.2) is 0 Å². The van der Waals surface area contributed by atoms with Crippen molar-refractivity contribution in [3.8, 4) is 0 Å². The lowest BCUT2D eigenvalue weighted by Gasteiger charge is -2.34. The second-order valence-electron chi connectivity index (χ2n) is 8.21. The van der Waals surface area contributed by atoms with Gasteiger partial charge in [-0.05, 0) is 49.3 Å². The summed E-state index contributed by atoms with van der Waals surface area (Å²) < 4.78 is 27.8. The molecular weight excluding hydrogens is 420 g/mol. The van der Waals surface area contributed by atoms with Gasteiger partial charge < -0.3 is 0 Å². The number of rotatable bonds is 7. The molecule has 1 aromatic heterocycles. The Hall–Kier alpha value is -1.84. The number of carbonyl (C=O) groups is 1. The van der Waals surface area contributed by atoms with E-state index < -0.39 is 10.0 Å². The molecule has 1 N–H and O–H groups in total. The molecule has 0 bridgehead atoms. The zero-order valence-corrected chi connectivity index (χ0v) is 19.6. The van der Waals surface area contributed by atoms with Gasteiger partial charge in [-0.15, -0.1) is 10.2 Å². The average Bonchev–Trinajstić information content (AvgIpc) is 3.16. The van der Waals surface area contributed by atoms with Crippen LogP contribution in [0.5, 0.6) is 0 Å². The Kier molecular flexibility index (Phi) is 7.26. The first-order valence-corrected chi connectivity index (χ1v) is 12.7. The summed E-state index contributed by atoms with van der Waals surface area (Å²) in [5.41, 5.74) is 0.286. The molecule has 2 heterocycles. The summed E-state index contributed by atoms with van der Waals surface area (Å²) >= 11 is 1.37. The van der Waals surface area contributed by atoms with Gasteiger partial charge in [0.2, 0.25) is 15.2 Å². The topological polar surface area (TPSA) is 92.3 Å². The van der Waals surface area contributed by atoms with Gasteiger partial charge in [-0.25, -0.2) is 8.42 Å². The van der Waals surface area contributed by atoms with Crippen LogP contribution in [0.4, 0.5) is 5.13 Å². The summed E-state index contributed by atoms with van der Waals surface area (Å²) in [7, 11) is -3.64. The molecule has 164 valence electrons. The highest BCUT2D eigenvalue weighted by Crippen LogP contribution is 2.29. The molecule has 1 saturated heterocycles. The maximum atomic E-state index is 13.1. The first-order chi connectivity index (χ1) is 14.2. The molecule has 3 rings (SSSR count). The number of hydrogen-bond acceptors (Lipinski definition) is 6. The number of anilines is 1. The number of aromatic nitrogens is 2. The van der Waals surface area contributed by atoms with E-state index in [4.69, 9.17) is 0 Å². The highest BCUT2D eigenvalue weighted by Gasteiger charge is 2.32. The molecule has 1 amide bonds. The molecule has 30 heavy (non-hydrogen) atoms. The fourth-order valence-corrected chi connectivity index (χ4v) is 6.74. The van der Waals surface area contributed by atoms with Crippen molar-refractivity contribution in [1.29, 1.82) is 0 Å². The van der Waals surface area contributed by atoms with Gasteiger partial charge in [-0.3, -0.25) is 10.1 Å². The average molecular weight is 451 g/mol. The quantitative estimate of drug-likeness (QED) is 0.677. The lowest BCUT2D eigenvalue weighted by atomic mass is 9.94. The van der Waals surface area contributed by atoms with E-state index in [1.807, 2.05) is 0 Å². The number of amides is 1. The van der Waals surface area contributed by atoms with Gasteiger partial charge in [-0.1, -0.05) is 45.1 Å². The molecule has 7 nitrogen and oxygen atoms in total. The van der Waals surface area contributed by atoms with E-state index in [0.29, 0.717) is 36.0 Å². The fraction of sp³-hybridized carbons (Fsp3) is 0.571. The predicted octanol–water partition coefficient (Wildman–Crippen LogP) is 4.36. The van der Waals surface area contributed by atoms with Crippen molar-refractivity contribution in [2.75, 3.05) is 18.4 Å². The second-order valence-corrected chi connectivity index (χ2v) is 11.2. The number of sulfonamides is 1. The molecule has 0 aliphatic carbocycles. The Balaban J connectivity index is 1.77. The molecule has 0 saturated carbocycles. The van der Waals surface area contributed by atoms with Crippen molar-refractivity contribution in [1.82, 2.24) is 14.5 Å². The second kappa shape index (κ2) is 9.53. The summed E-state index contributed by atoms with van der Waals surface area (Å²) in [5, 5.41) is 12.3. The normalized spacial score (nSPS) is 20.4. The lowest BCUT2D eigenvalue weighted by Crippen LogP contribution is -2.42. The number of carbonyl (C=O) groups excluding carboxylic acids is 1. The number of piperidine rings is 1. The smallest absolute Gasteiger partial charge is 0.257 e. The van der Waals surface area contributed by atoms with Gasteiger partial charge in [0.1, 0.15) is 5.01 Å². The van der Waals surface area contributed by atoms with E-state index in [2.05, 4.69) is 43.2 Å². The summed E-state index contributed by atoms with van der Waals surface area (Å²) in [6.07, 6.45) is 2.95. The fourth-order valence-electron chi connectivity index (χ4n) is 4.01. The predicted molar refractivity (Wildman–Crippen MR) is 119 cm³/mol. The Bertz CT molecular complexity index is 976. The lowest BCUT2D eigenvalue weighted by molar-refractivity contribution is 0.102. The van der Waals surface area contributed by atoms with Crippen LogP contribution in [-0.4, -0.2) is 41.9 Å². The largest absolute Gasteiger partial charge is 0.296 e. The van der Waals surface area contributed by atoms with Crippen LogP contribution < -0.4 is 5.32 Å². The summed E-state index contributed by atoms with van der Waals surface area (Å²) in [6.45, 7) is 9.35. The van der Waals surface area contributed by atoms with E-state index in [1.54, 1.807) is 18.2 Å². The zero-order chi connectivity index (χ0) is 21.9. The Morgan fingerprint density at radius 1 is 1.20 bits per heavy atom. The van der Waals surface area contributed by atoms with Gasteiger partial charge in [0.05, 0.1) is 4.90 Å². The molecule has 1 aliphatic heterocycles. The van der Waals surface area contributed by atoms with Gasteiger partial charge >= 0.3 is 0 Å². The summed E-state index contributed by atoms with van der Waals surface area (Å²) in [4.78, 5) is 12.9. The van der Waals surface area contributed by atoms with Gasteiger partial charge in [0.25, 0.3) is 5.91 Å². The maximum Gasteiger partial charge on any atom is 0.257 e. The van der Waals surface area contributed by atoms with Crippen LogP contribution in [0.1, 0.15) is 68.2 Å². The van der Waals surface area contributed by atoms with Crippen molar-refractivity contribution in [2.24, 2.45) is 11.8 Å². The van der Waals surface area contributed by atoms with Gasteiger partial charge in [-0.2, -0.15) is 4.31 Å². The minimum atomic E-state index is -3.64. The van der Waals surface area contributed by atoms with E-state index in [-0.39, 0.29) is 16.4 Å². The number of nitrogens with zero attached hydrogens (tertiary/aromatic N) is 3. The molecule has 9 heteroatoms. The first-order valence-electron chi connectivity index (χ1n) is 10.5. The number of nitrogens with one attached hydrogen (secondary N) is 1. The molecule has 1 aliphatic rings. The summed E-state index contributed by atoms with van der Waals surface area (Å²) in [5.74, 6) is 0.573. The first kappa shape index (κ1) is 22.8. The Morgan fingerprint density at radius 3 is 2.50 bits per heavy atom. The third-order valence-corrected chi connectivity index (χ3v) is 8.39.